The van der Waals surface area contributed by atoms with Gasteiger partial charge in [0.25, 0.3) is 5.91 Å². The number of anilines is 1. The number of benzene rings is 2. The van der Waals surface area contributed by atoms with E-state index in [1.54, 1.807) is 52.0 Å². The number of carboxylic acid groups (broad SMARTS) is 1. The molecule has 0 saturated carbocycles. The molecule has 0 saturated heterocycles. The molecule has 0 spiro atoms. The number of nitrogens with zero attached hydrogens (tertiary/aromatic N) is 2. The number of nitrogens with one attached hydrogen (secondary N) is 1. The molecular weight excluding hydrogens is 996 g/mol. The molecule has 0 aromatic heterocycles. The number of rotatable bonds is 24. The van der Waals surface area contributed by atoms with Crippen molar-refractivity contribution < 1.29 is 160 Å². The second kappa shape index (κ2) is 26.9. The zero-order valence-electron chi connectivity index (χ0n) is 39.5. The van der Waals surface area contributed by atoms with Gasteiger partial charge in [0.15, 0.2) is 5.71 Å². The standard InChI is InChI=1S/C43H57N3O15S4.3Na/c1-42(2)34-29-32(64(56,57)58)20-22-36(34)45(25-9-11-27-62(50,51)52)38(42)17-13-15-31(41(49)44-24-8-6-5-7-19-40(47)48)16-14-18-39-43(3,4)35-30-33(65(59,60)61)21-23-37(35)46(39)26-10-12-28-63(53,54)55;;;/h13-18,20-23,29-30H,5-12,19,24-28H2,1-4H3,(H5-,44,47,48,49,50,51,52,53,54,55,56,57,58,59,60,61);;;/q;3*+1/p-3. The van der Waals surface area contributed by atoms with Crippen molar-refractivity contribution in [3.63, 3.8) is 0 Å². The number of hydrogen-bond donors (Lipinski definition) is 2. The first-order valence-electron chi connectivity index (χ1n) is 20.8. The molecule has 0 atom stereocenters. The SMILES string of the molecule is CC1(C)C(/C=C/C=C(/C=C/C=C2/N(CCCCS(=O)(=O)[O-])c3ccc(S(=O)(=O)[O-])cc3C2(C)C)C(=O)NCCCCCCC(=O)O)=[N+](CCCCS(=O)(=O)[O-])c2ccc(S(=O)(=O)[O-])cc21.[Na+].[Na+].[Na+]. The van der Waals surface area contributed by atoms with Crippen LogP contribution < -0.4 is 98.9 Å². The second-order valence-electron chi connectivity index (χ2n) is 16.8. The van der Waals surface area contributed by atoms with Crippen molar-refractivity contribution in [2.75, 3.05) is 36.0 Å². The number of aliphatic carboxylic acids is 1. The van der Waals surface area contributed by atoms with E-state index in [0.29, 0.717) is 59.6 Å². The fourth-order valence-electron chi connectivity index (χ4n) is 7.95. The van der Waals surface area contributed by atoms with Crippen molar-refractivity contribution in [2.24, 2.45) is 0 Å². The first-order chi connectivity index (χ1) is 30.0. The topological polar surface area (TPSA) is 301 Å². The van der Waals surface area contributed by atoms with Gasteiger partial charge >= 0.3 is 94.6 Å². The van der Waals surface area contributed by atoms with Crippen molar-refractivity contribution >= 4 is 69.4 Å². The predicted molar refractivity (Wildman–Crippen MR) is 238 cm³/mol. The van der Waals surface area contributed by atoms with Gasteiger partial charge in [0.2, 0.25) is 5.69 Å². The Morgan fingerprint density at radius 2 is 1.26 bits per heavy atom. The van der Waals surface area contributed by atoms with E-state index in [2.05, 4.69) is 5.32 Å². The summed E-state index contributed by atoms with van der Waals surface area (Å²) in [5.74, 6) is -2.55. The molecule has 2 aliphatic heterocycles. The number of unbranched alkanes of at least 4 members (excludes halogenated alkanes) is 5. The van der Waals surface area contributed by atoms with Crippen LogP contribution >= 0.6 is 0 Å². The van der Waals surface area contributed by atoms with Gasteiger partial charge in [-0.1, -0.05) is 38.8 Å². The maximum atomic E-state index is 13.8. The van der Waals surface area contributed by atoms with Crippen LogP contribution in [0.4, 0.5) is 11.4 Å². The van der Waals surface area contributed by atoms with Crippen LogP contribution in [0.3, 0.4) is 0 Å². The summed E-state index contributed by atoms with van der Waals surface area (Å²) in [5.41, 5.74) is 1.66. The van der Waals surface area contributed by atoms with Gasteiger partial charge in [-0.15, -0.1) is 0 Å². The number of hydrogen-bond acceptors (Lipinski definition) is 15. The summed E-state index contributed by atoms with van der Waals surface area (Å²) < 4.78 is 142. The van der Waals surface area contributed by atoms with Gasteiger partial charge in [-0.25, -0.2) is 33.7 Å². The fraction of sp³-hybridized carbons (Fsp3) is 0.465. The molecule has 358 valence electrons. The molecule has 0 unspecified atom stereocenters. The summed E-state index contributed by atoms with van der Waals surface area (Å²) in [6, 6.07) is 7.91. The van der Waals surface area contributed by atoms with Gasteiger partial charge in [0, 0.05) is 77.5 Å². The van der Waals surface area contributed by atoms with Crippen molar-refractivity contribution in [1.29, 1.82) is 0 Å². The molecule has 1 amide bonds. The summed E-state index contributed by atoms with van der Waals surface area (Å²) in [6.07, 6.45) is 12.6. The Hall–Kier alpha value is -1.55. The third-order valence-corrected chi connectivity index (χ3v) is 14.5. The van der Waals surface area contributed by atoms with Crippen LogP contribution in [0.1, 0.15) is 96.6 Å². The minimum absolute atomic E-state index is 0. The van der Waals surface area contributed by atoms with Gasteiger partial charge < -0.3 is 33.5 Å². The van der Waals surface area contributed by atoms with Crippen LogP contribution in [0.5, 0.6) is 0 Å². The molecule has 2 N–H and O–H groups in total. The molecule has 0 bridgehead atoms. The van der Waals surface area contributed by atoms with E-state index in [9.17, 15) is 61.5 Å². The molecule has 25 heteroatoms. The van der Waals surface area contributed by atoms with Crippen molar-refractivity contribution in [3.8, 4) is 0 Å². The predicted octanol–water partition coefficient (Wildman–Crippen LogP) is -4.59. The molecule has 0 fully saturated rings. The summed E-state index contributed by atoms with van der Waals surface area (Å²) in [4.78, 5) is 25.6. The minimum atomic E-state index is -4.82. The Morgan fingerprint density at radius 1 is 0.706 bits per heavy atom. The van der Waals surface area contributed by atoms with Crippen LogP contribution in [0.2, 0.25) is 0 Å². The molecule has 2 aliphatic rings. The Balaban J connectivity index is 0.00000771. The van der Waals surface area contributed by atoms with E-state index in [1.165, 1.54) is 48.6 Å². The van der Waals surface area contributed by atoms with Gasteiger partial charge in [-0.05, 0) is 100 Å². The molecule has 2 heterocycles. The maximum Gasteiger partial charge on any atom is 1.00 e. The van der Waals surface area contributed by atoms with E-state index < -0.39 is 84.5 Å². The largest absolute Gasteiger partial charge is 1.00 e. The fourth-order valence-corrected chi connectivity index (χ4v) is 10.1. The van der Waals surface area contributed by atoms with Gasteiger partial charge in [-0.3, -0.25) is 9.59 Å². The van der Waals surface area contributed by atoms with Crippen LogP contribution in [0, 0.1) is 0 Å². The first kappa shape index (κ1) is 64.5. The molecule has 0 aliphatic carbocycles. The first-order valence-corrected chi connectivity index (χ1v) is 26.8. The zero-order chi connectivity index (χ0) is 48.6. The molecule has 68 heavy (non-hydrogen) atoms. The van der Waals surface area contributed by atoms with Gasteiger partial charge in [0.05, 0.1) is 35.4 Å². The summed E-state index contributed by atoms with van der Waals surface area (Å²) >= 11 is 0. The van der Waals surface area contributed by atoms with Crippen LogP contribution in [-0.4, -0.2) is 110 Å². The van der Waals surface area contributed by atoms with E-state index >= 15 is 0 Å². The molecule has 2 aromatic carbocycles. The Kier molecular flexibility index (Phi) is 25.5. The molecule has 18 nitrogen and oxygen atoms in total. The maximum absolute atomic E-state index is 13.8. The second-order valence-corrected chi connectivity index (χ2v) is 22.7. The number of carbonyl (C=O) groups is 2. The zero-order valence-corrected chi connectivity index (χ0v) is 48.8. The number of amides is 1. The molecule has 0 radical (unpaired) electrons. The third kappa shape index (κ3) is 18.5. The van der Waals surface area contributed by atoms with E-state index in [1.807, 2.05) is 9.48 Å². The van der Waals surface area contributed by atoms with Gasteiger partial charge in [-0.2, -0.15) is 4.58 Å². The van der Waals surface area contributed by atoms with E-state index in [0.717, 1.165) is 0 Å². The average molecular weight is 1050 g/mol. The van der Waals surface area contributed by atoms with Crippen LogP contribution in [0.15, 0.2) is 93.9 Å². The Labute approximate surface area is 466 Å². The van der Waals surface area contributed by atoms with E-state index in [-0.39, 0.29) is 146 Å². The Bertz CT molecular complexity index is 2770. The average Bonchev–Trinajstić information content (AvgIpc) is 3.52. The third-order valence-electron chi connectivity index (χ3n) is 11.3. The number of carboxylic acids is 1. The summed E-state index contributed by atoms with van der Waals surface area (Å²) in [6.45, 7) is 7.91. The minimum Gasteiger partial charge on any atom is -0.748 e. The Morgan fingerprint density at radius 3 is 1.84 bits per heavy atom. The monoisotopic (exact) mass is 1050 g/mol. The van der Waals surface area contributed by atoms with Gasteiger partial charge in [0.1, 0.15) is 26.8 Å². The number of carbonyl (C=O) groups excluding carboxylic acids is 1. The van der Waals surface area contributed by atoms with Crippen molar-refractivity contribution in [2.45, 2.75) is 106 Å². The smallest absolute Gasteiger partial charge is 0.748 e. The quantitative estimate of drug-likeness (QED) is 0.0250. The molecule has 2 aromatic rings. The molecule has 4 rings (SSSR count). The number of allylic oxidation sites excluding steroid dienone is 6. The van der Waals surface area contributed by atoms with Crippen molar-refractivity contribution in [3.05, 3.63) is 95.3 Å². The van der Waals surface area contributed by atoms with E-state index in [4.69, 9.17) is 5.11 Å². The normalized spacial score (nSPS) is 16.3. The summed E-state index contributed by atoms with van der Waals surface area (Å²) in [5, 5.41) is 11.8. The molecular formula is C43H54N3Na3O15S4. The summed E-state index contributed by atoms with van der Waals surface area (Å²) in [7, 11) is -18.6. The van der Waals surface area contributed by atoms with Crippen LogP contribution in [-0.2, 0) is 60.9 Å². The van der Waals surface area contributed by atoms with Crippen LogP contribution in [0.25, 0.3) is 0 Å². The van der Waals surface area contributed by atoms with Crippen molar-refractivity contribution in [1.82, 2.24) is 5.32 Å². The number of fused-ring (bicyclic) bond motifs is 2.